The van der Waals surface area contributed by atoms with Crippen LogP contribution < -0.4 is 10.1 Å². The number of rotatable bonds is 1. The van der Waals surface area contributed by atoms with Crippen LogP contribution in [0.3, 0.4) is 0 Å². The molecule has 0 aromatic heterocycles. The maximum atomic E-state index is 12.3. The van der Waals surface area contributed by atoms with Gasteiger partial charge in [-0.1, -0.05) is 18.2 Å². The molecule has 0 saturated carbocycles. The second-order valence-corrected chi connectivity index (χ2v) is 5.90. The van der Waals surface area contributed by atoms with Crippen LogP contribution in [0.1, 0.15) is 25.5 Å². The highest BCUT2D eigenvalue weighted by molar-refractivity contribution is 7.80. The number of benzene rings is 1. The molecule has 3 rings (SSSR count). The van der Waals surface area contributed by atoms with Gasteiger partial charge >= 0.3 is 5.97 Å². The van der Waals surface area contributed by atoms with E-state index in [4.69, 9.17) is 21.7 Å². The number of hydrogen-bond acceptors (Lipinski definition) is 5. The van der Waals surface area contributed by atoms with Crippen LogP contribution in [-0.2, 0) is 14.3 Å². The molecule has 7 heteroatoms. The van der Waals surface area contributed by atoms with Crippen LogP contribution in [0.4, 0.5) is 0 Å². The number of nitrogens with one attached hydrogen (secondary N) is 1. The Bertz CT molecular complexity index is 677. The molecule has 0 radical (unpaired) electrons. The topological polar surface area (TPSA) is 67.9 Å². The van der Waals surface area contributed by atoms with E-state index in [1.807, 2.05) is 24.3 Å². The van der Waals surface area contributed by atoms with Crippen molar-refractivity contribution < 1.29 is 19.1 Å². The Morgan fingerprint density at radius 1 is 1.41 bits per heavy atom. The second kappa shape index (κ2) is 4.95. The smallest absolute Gasteiger partial charge is 0.317 e. The standard InChI is InChI=1S/C15H16N2O4S/c1-8(18)17-12-9-6-4-5-7-10(9)21-15(2,16-14(17)22)11(12)13(19)20-3/h4-7,11-12H,1-3H3,(H,16,22)/t11-,12+,15-/m0/s1. The Hall–Kier alpha value is -2.15. The molecule has 1 amide bonds. The molecule has 1 fully saturated rings. The average molecular weight is 320 g/mol. The van der Waals surface area contributed by atoms with Crippen LogP contribution in [0.5, 0.6) is 5.75 Å². The van der Waals surface area contributed by atoms with Gasteiger partial charge in [-0.05, 0) is 25.2 Å². The Morgan fingerprint density at radius 3 is 2.73 bits per heavy atom. The monoisotopic (exact) mass is 320 g/mol. The first-order chi connectivity index (χ1) is 10.4. The summed E-state index contributed by atoms with van der Waals surface area (Å²) in [6.45, 7) is 3.16. The fraction of sp³-hybridized carbons (Fsp3) is 0.400. The molecule has 0 unspecified atom stereocenters. The normalized spacial score (nSPS) is 29.0. The largest absolute Gasteiger partial charge is 0.469 e. The number of hydrogen-bond donors (Lipinski definition) is 1. The predicted molar refractivity (Wildman–Crippen MR) is 82.0 cm³/mol. The lowest BCUT2D eigenvalue weighted by Gasteiger charge is -2.53. The van der Waals surface area contributed by atoms with Crippen molar-refractivity contribution in [3.63, 3.8) is 0 Å². The van der Waals surface area contributed by atoms with Gasteiger partial charge in [-0.25, -0.2) is 0 Å². The predicted octanol–water partition coefficient (Wildman–Crippen LogP) is 1.36. The number of fused-ring (bicyclic) bond motifs is 4. The van der Waals surface area contributed by atoms with Crippen LogP contribution >= 0.6 is 12.2 Å². The lowest BCUT2D eigenvalue weighted by molar-refractivity contribution is -0.165. The number of para-hydroxylation sites is 1. The maximum absolute atomic E-state index is 12.3. The van der Waals surface area contributed by atoms with Gasteiger partial charge in [0, 0.05) is 12.5 Å². The Labute approximate surface area is 133 Å². The van der Waals surface area contributed by atoms with E-state index in [2.05, 4.69) is 5.32 Å². The third-order valence-electron chi connectivity index (χ3n) is 4.12. The quantitative estimate of drug-likeness (QED) is 0.622. The van der Waals surface area contributed by atoms with Crippen molar-refractivity contribution in [3.05, 3.63) is 29.8 Å². The summed E-state index contributed by atoms with van der Waals surface area (Å²) in [5.41, 5.74) is -0.316. The van der Waals surface area contributed by atoms with E-state index in [1.54, 1.807) is 6.92 Å². The summed E-state index contributed by atoms with van der Waals surface area (Å²) in [6, 6.07) is 6.77. The third-order valence-corrected chi connectivity index (χ3v) is 4.41. The van der Waals surface area contributed by atoms with Gasteiger partial charge in [-0.2, -0.15) is 0 Å². The van der Waals surface area contributed by atoms with E-state index in [0.29, 0.717) is 5.75 Å². The van der Waals surface area contributed by atoms with E-state index < -0.39 is 23.7 Å². The van der Waals surface area contributed by atoms with Crippen LogP contribution in [0.25, 0.3) is 0 Å². The van der Waals surface area contributed by atoms with Crippen molar-refractivity contribution in [1.82, 2.24) is 10.2 Å². The van der Waals surface area contributed by atoms with E-state index >= 15 is 0 Å². The van der Waals surface area contributed by atoms with Gasteiger partial charge in [0.15, 0.2) is 10.8 Å². The number of esters is 1. The Balaban J connectivity index is 2.23. The van der Waals surface area contributed by atoms with Gasteiger partial charge in [-0.15, -0.1) is 0 Å². The highest BCUT2D eigenvalue weighted by Gasteiger charge is 2.58. The number of ether oxygens (including phenoxy) is 2. The lowest BCUT2D eigenvalue weighted by Crippen LogP contribution is -2.71. The summed E-state index contributed by atoms with van der Waals surface area (Å²) in [6.07, 6.45) is 0. The summed E-state index contributed by atoms with van der Waals surface area (Å²) in [7, 11) is 1.32. The Kier molecular flexibility index (Phi) is 3.32. The van der Waals surface area contributed by atoms with Crippen LogP contribution in [0, 0.1) is 5.92 Å². The summed E-state index contributed by atoms with van der Waals surface area (Å²) in [5.74, 6) is -0.794. The molecule has 0 spiro atoms. The molecule has 116 valence electrons. The number of amides is 1. The summed E-state index contributed by atoms with van der Waals surface area (Å²) in [5, 5.41) is 3.22. The van der Waals surface area contributed by atoms with Crippen molar-refractivity contribution in [1.29, 1.82) is 0 Å². The summed E-state index contributed by atoms with van der Waals surface area (Å²) >= 11 is 5.30. The molecular weight excluding hydrogens is 304 g/mol. The van der Waals surface area contributed by atoms with Crippen molar-refractivity contribution in [3.8, 4) is 5.75 Å². The molecule has 1 saturated heterocycles. The fourth-order valence-electron chi connectivity index (χ4n) is 3.20. The summed E-state index contributed by atoms with van der Waals surface area (Å²) < 4.78 is 10.9. The minimum atomic E-state index is -1.06. The lowest BCUT2D eigenvalue weighted by atomic mass is 9.79. The van der Waals surface area contributed by atoms with E-state index in [9.17, 15) is 9.59 Å². The fourth-order valence-corrected chi connectivity index (χ4v) is 3.65. The maximum Gasteiger partial charge on any atom is 0.317 e. The zero-order valence-corrected chi connectivity index (χ0v) is 13.3. The van der Waals surface area contributed by atoms with E-state index in [1.165, 1.54) is 18.9 Å². The SMILES string of the molecule is COC(=O)[C@@H]1[C@H]2c3ccccc3O[C@]1(C)NC(=S)N2C(C)=O. The van der Waals surface area contributed by atoms with Gasteiger partial charge < -0.3 is 14.8 Å². The summed E-state index contributed by atoms with van der Waals surface area (Å²) in [4.78, 5) is 25.8. The molecule has 1 aromatic rings. The van der Waals surface area contributed by atoms with Crippen molar-refractivity contribution in [2.24, 2.45) is 5.92 Å². The number of carbonyl (C=O) groups excluding carboxylic acids is 2. The second-order valence-electron chi connectivity index (χ2n) is 5.51. The minimum absolute atomic E-state index is 0.241. The number of methoxy groups -OCH3 is 1. The van der Waals surface area contributed by atoms with Crippen molar-refractivity contribution in [2.75, 3.05) is 7.11 Å². The minimum Gasteiger partial charge on any atom is -0.469 e. The molecule has 6 nitrogen and oxygen atoms in total. The van der Waals surface area contributed by atoms with Crippen molar-refractivity contribution >= 4 is 29.2 Å². The molecule has 2 aliphatic rings. The van der Waals surface area contributed by atoms with Crippen molar-refractivity contribution in [2.45, 2.75) is 25.6 Å². The van der Waals surface area contributed by atoms with Gasteiger partial charge in [0.25, 0.3) is 0 Å². The molecule has 1 aromatic carbocycles. The first-order valence-electron chi connectivity index (χ1n) is 6.87. The first-order valence-corrected chi connectivity index (χ1v) is 7.27. The van der Waals surface area contributed by atoms with Gasteiger partial charge in [-0.3, -0.25) is 14.5 Å². The molecule has 2 aliphatic heterocycles. The first kappa shape index (κ1) is 14.8. The third kappa shape index (κ3) is 1.96. The molecule has 22 heavy (non-hydrogen) atoms. The molecule has 2 heterocycles. The molecular formula is C15H16N2O4S. The van der Waals surface area contributed by atoms with E-state index in [-0.39, 0.29) is 11.0 Å². The number of carbonyl (C=O) groups is 2. The van der Waals surface area contributed by atoms with Gasteiger partial charge in [0.2, 0.25) is 5.91 Å². The molecule has 3 atom stereocenters. The highest BCUT2D eigenvalue weighted by atomic mass is 32.1. The zero-order valence-electron chi connectivity index (χ0n) is 12.5. The zero-order chi connectivity index (χ0) is 16.1. The Morgan fingerprint density at radius 2 is 2.09 bits per heavy atom. The van der Waals surface area contributed by atoms with Crippen LogP contribution in [0.2, 0.25) is 0 Å². The molecule has 2 bridgehead atoms. The van der Waals surface area contributed by atoms with Crippen LogP contribution in [0.15, 0.2) is 24.3 Å². The average Bonchev–Trinajstić information content (AvgIpc) is 2.44. The van der Waals surface area contributed by atoms with Gasteiger partial charge in [0.05, 0.1) is 13.2 Å². The van der Waals surface area contributed by atoms with Gasteiger partial charge in [0.1, 0.15) is 11.7 Å². The highest BCUT2D eigenvalue weighted by Crippen LogP contribution is 2.48. The number of thiocarbonyl (C=S) groups is 1. The number of nitrogens with zero attached hydrogens (tertiary/aromatic N) is 1. The molecule has 0 aliphatic carbocycles. The van der Waals surface area contributed by atoms with E-state index in [0.717, 1.165) is 5.56 Å². The molecule has 1 N–H and O–H groups in total. The van der Waals surface area contributed by atoms with Crippen LogP contribution in [-0.4, -0.2) is 34.7 Å².